The minimum atomic E-state index is -0.294. The Hall–Kier alpha value is -1.32. The maximum atomic E-state index is 12.8. The third-order valence-corrected chi connectivity index (χ3v) is 7.82. The number of carbonyl (C=O) groups is 2. The lowest BCUT2D eigenvalue weighted by molar-refractivity contribution is -0.182. The summed E-state index contributed by atoms with van der Waals surface area (Å²) in [4.78, 5) is 28.4. The molecule has 1 aliphatic heterocycles. The fourth-order valence-corrected chi connectivity index (χ4v) is 7.93. The number of imide groups is 1. The summed E-state index contributed by atoms with van der Waals surface area (Å²) < 4.78 is 0. The van der Waals surface area contributed by atoms with Gasteiger partial charge in [0.1, 0.15) is 0 Å². The van der Waals surface area contributed by atoms with Crippen molar-refractivity contribution >= 4 is 11.9 Å². The number of amides is 3. The van der Waals surface area contributed by atoms with E-state index >= 15 is 0 Å². The van der Waals surface area contributed by atoms with Crippen LogP contribution in [0.5, 0.6) is 0 Å². The number of nitrogens with zero attached hydrogens (tertiary/aromatic N) is 2. The molecule has 4 nitrogen and oxygen atoms in total. The Morgan fingerprint density at radius 1 is 1.21 bits per heavy atom. The summed E-state index contributed by atoms with van der Waals surface area (Å²) in [6.45, 7) is 8.76. The Bertz CT molecular complexity index is 642. The number of urea groups is 1. The molecule has 1 saturated heterocycles. The predicted octanol–water partition coefficient (Wildman–Crippen LogP) is 1.48. The molecule has 5 fully saturated rings. The van der Waals surface area contributed by atoms with Gasteiger partial charge in [0.25, 0.3) is 0 Å². The zero-order chi connectivity index (χ0) is 13.7. The van der Waals surface area contributed by atoms with Crippen LogP contribution in [0.2, 0.25) is 0 Å². The van der Waals surface area contributed by atoms with Gasteiger partial charge in [0.15, 0.2) is 0 Å². The average Bonchev–Trinajstić information content (AvgIpc) is 2.73. The molecule has 5 aliphatic rings. The fraction of sp³-hybridized carbons (Fsp3) is 0.733. The molecule has 4 heteroatoms. The Balaban J connectivity index is 1.84. The van der Waals surface area contributed by atoms with Crippen molar-refractivity contribution in [3.63, 3.8) is 0 Å². The maximum Gasteiger partial charge on any atom is 0.326 e. The Labute approximate surface area is 112 Å². The molecular weight excluding hydrogens is 240 g/mol. The van der Waals surface area contributed by atoms with Gasteiger partial charge in [0, 0.05) is 19.5 Å². The van der Waals surface area contributed by atoms with E-state index in [0.717, 1.165) is 6.42 Å². The second-order valence-corrected chi connectivity index (χ2v) is 7.64. The molecule has 4 aliphatic carbocycles. The second kappa shape index (κ2) is 2.05. The molecule has 0 aromatic carbocycles. The van der Waals surface area contributed by atoms with Crippen LogP contribution in [0, 0.1) is 28.1 Å². The summed E-state index contributed by atoms with van der Waals surface area (Å²) in [5.74, 6) is 0.952. The van der Waals surface area contributed by atoms with Crippen LogP contribution < -0.4 is 0 Å². The van der Waals surface area contributed by atoms with E-state index in [0.29, 0.717) is 11.8 Å². The lowest BCUT2D eigenvalue weighted by Gasteiger charge is -2.65. The van der Waals surface area contributed by atoms with Crippen molar-refractivity contribution in [3.05, 3.63) is 12.2 Å². The van der Waals surface area contributed by atoms with Gasteiger partial charge in [-0.1, -0.05) is 26.0 Å². The smallest absolute Gasteiger partial charge is 0.320 e. The van der Waals surface area contributed by atoms with Gasteiger partial charge in [0.05, 0.1) is 11.0 Å². The topological polar surface area (TPSA) is 40.6 Å². The molecule has 4 saturated carbocycles. The van der Waals surface area contributed by atoms with E-state index in [1.54, 1.807) is 7.05 Å². The summed E-state index contributed by atoms with van der Waals surface area (Å²) in [6.07, 6.45) is 0.822. The molecule has 100 valence electrons. The van der Waals surface area contributed by atoms with Gasteiger partial charge in [-0.15, -0.1) is 0 Å². The first-order chi connectivity index (χ1) is 8.75. The van der Waals surface area contributed by atoms with E-state index in [4.69, 9.17) is 0 Å². The Kier molecular flexibility index (Phi) is 1.13. The highest BCUT2D eigenvalue weighted by Crippen LogP contribution is 3.09. The first kappa shape index (κ1) is 10.5. The summed E-state index contributed by atoms with van der Waals surface area (Å²) in [5.41, 5.74) is 0.851. The zero-order valence-corrected chi connectivity index (χ0v) is 11.8. The Morgan fingerprint density at radius 3 is 2.47 bits per heavy atom. The molecule has 3 amide bonds. The van der Waals surface area contributed by atoms with Crippen LogP contribution in [0.3, 0.4) is 0 Å². The van der Waals surface area contributed by atoms with Crippen LogP contribution in [-0.4, -0.2) is 41.4 Å². The van der Waals surface area contributed by atoms with Crippen molar-refractivity contribution in [2.45, 2.75) is 25.8 Å². The second-order valence-electron chi connectivity index (χ2n) is 7.64. The van der Waals surface area contributed by atoms with Crippen molar-refractivity contribution in [1.82, 2.24) is 9.80 Å². The van der Waals surface area contributed by atoms with Gasteiger partial charge in [-0.2, -0.15) is 0 Å². The molecule has 0 radical (unpaired) electrons. The summed E-state index contributed by atoms with van der Waals surface area (Å²) in [7, 11) is 3.50. The van der Waals surface area contributed by atoms with Crippen LogP contribution >= 0.6 is 0 Å². The molecule has 2 spiro atoms. The maximum absolute atomic E-state index is 12.8. The van der Waals surface area contributed by atoms with E-state index in [1.165, 1.54) is 10.5 Å². The quantitative estimate of drug-likeness (QED) is 0.618. The molecule has 0 N–H and O–H groups in total. The van der Waals surface area contributed by atoms with E-state index in [2.05, 4.69) is 20.4 Å². The Morgan fingerprint density at radius 2 is 1.84 bits per heavy atom. The highest BCUT2D eigenvalue weighted by atomic mass is 16.2. The van der Waals surface area contributed by atoms with Crippen LogP contribution in [-0.2, 0) is 4.79 Å². The van der Waals surface area contributed by atoms with Gasteiger partial charge in [-0.25, -0.2) is 4.79 Å². The van der Waals surface area contributed by atoms with Crippen molar-refractivity contribution in [2.75, 3.05) is 14.1 Å². The highest BCUT2D eigenvalue weighted by molar-refractivity contribution is 6.08. The lowest BCUT2D eigenvalue weighted by Crippen LogP contribution is -2.78. The highest BCUT2D eigenvalue weighted by Gasteiger charge is 3.14. The van der Waals surface area contributed by atoms with Crippen molar-refractivity contribution < 1.29 is 9.59 Å². The van der Waals surface area contributed by atoms with Crippen molar-refractivity contribution in [3.8, 4) is 0 Å². The molecule has 0 aromatic rings. The van der Waals surface area contributed by atoms with E-state index in [-0.39, 0.29) is 33.7 Å². The summed E-state index contributed by atoms with van der Waals surface area (Å²) in [6, 6.07) is -0.148. The first-order valence-electron chi connectivity index (χ1n) is 6.99. The molecule has 0 unspecified atom stereocenters. The molecular formula is C15H18N2O2. The molecule has 0 bridgehead atoms. The third kappa shape index (κ3) is 0.478. The predicted molar refractivity (Wildman–Crippen MR) is 68.0 cm³/mol. The van der Waals surface area contributed by atoms with Gasteiger partial charge in [-0.05, 0) is 23.7 Å². The van der Waals surface area contributed by atoms with Crippen molar-refractivity contribution in [1.29, 1.82) is 0 Å². The number of carbonyl (C=O) groups excluding carboxylic acids is 2. The first-order valence-corrected chi connectivity index (χ1v) is 6.99. The van der Waals surface area contributed by atoms with Crippen LogP contribution in [0.1, 0.15) is 20.3 Å². The third-order valence-electron chi connectivity index (χ3n) is 7.82. The molecule has 1 heterocycles. The number of hydrogen-bond acceptors (Lipinski definition) is 2. The van der Waals surface area contributed by atoms with Gasteiger partial charge < -0.3 is 4.90 Å². The van der Waals surface area contributed by atoms with Crippen LogP contribution in [0.15, 0.2) is 12.2 Å². The minimum Gasteiger partial charge on any atom is -0.320 e. The van der Waals surface area contributed by atoms with Crippen LogP contribution in [0.25, 0.3) is 0 Å². The van der Waals surface area contributed by atoms with Crippen LogP contribution in [0.4, 0.5) is 4.79 Å². The number of fused-ring (bicyclic) bond motifs is 1. The molecule has 6 atom stereocenters. The SMILES string of the molecule is C=C1C[C@@]23N(C)C(=O)N(C)C(=O)[C@@]24[C@@H]2[C@]4(C)[C@H]1[C@]23C. The monoisotopic (exact) mass is 258 g/mol. The largest absolute Gasteiger partial charge is 0.326 e. The molecule has 0 aromatic heterocycles. The zero-order valence-electron chi connectivity index (χ0n) is 11.8. The van der Waals surface area contributed by atoms with Gasteiger partial charge >= 0.3 is 6.03 Å². The summed E-state index contributed by atoms with van der Waals surface area (Å²) >= 11 is 0. The lowest BCUT2D eigenvalue weighted by atomic mass is 9.46. The van der Waals surface area contributed by atoms with Crippen molar-refractivity contribution in [2.24, 2.45) is 28.1 Å². The van der Waals surface area contributed by atoms with E-state index in [9.17, 15) is 9.59 Å². The normalized spacial score (nSPS) is 63.5. The summed E-state index contributed by atoms with van der Waals surface area (Å²) in [5, 5.41) is 0. The number of hydrogen-bond donors (Lipinski definition) is 0. The average molecular weight is 258 g/mol. The van der Waals surface area contributed by atoms with Gasteiger partial charge in [-0.3, -0.25) is 9.69 Å². The fourth-order valence-electron chi connectivity index (χ4n) is 7.93. The minimum absolute atomic E-state index is 0.0653. The number of rotatable bonds is 0. The molecule has 5 rings (SSSR count). The standard InChI is InChI=1S/C15H18N2O2/c1-7-6-14-12(2)8(7)13(3)9(12)15(13,14)10(18)16(4)11(19)17(14)5/h8-9H,1,6H2,2-5H3/t8-,9+,12-,13+,14+,15-/m1/s1. The van der Waals surface area contributed by atoms with E-state index in [1.807, 2.05) is 11.9 Å². The van der Waals surface area contributed by atoms with E-state index < -0.39 is 0 Å². The van der Waals surface area contributed by atoms with Gasteiger partial charge in [0.2, 0.25) is 5.91 Å². The molecule has 19 heavy (non-hydrogen) atoms.